The molecule has 4 rings (SSSR count). The molecule has 2 heterocycles. The second-order valence-corrected chi connectivity index (χ2v) is 10.7. The fourth-order valence-corrected chi connectivity index (χ4v) is 5.56. The van der Waals surface area contributed by atoms with Crippen LogP contribution >= 0.6 is 0 Å². The molecule has 0 aliphatic carbocycles. The first-order valence-electron chi connectivity index (χ1n) is 14.4. The van der Waals surface area contributed by atoms with Crippen LogP contribution in [-0.2, 0) is 11.2 Å². The van der Waals surface area contributed by atoms with E-state index in [4.69, 9.17) is 9.47 Å². The second-order valence-electron chi connectivity index (χ2n) is 10.7. The van der Waals surface area contributed by atoms with Crippen molar-refractivity contribution in [3.05, 3.63) is 59.7 Å². The Bertz CT molecular complexity index is 1060. The van der Waals surface area contributed by atoms with Crippen molar-refractivity contribution in [2.75, 3.05) is 64.9 Å². The van der Waals surface area contributed by atoms with Crippen molar-refractivity contribution in [2.45, 2.75) is 45.6 Å². The maximum atomic E-state index is 12.9. The molecule has 2 aliphatic rings. The number of benzene rings is 2. The Kier molecular flexibility index (Phi) is 10.6. The highest BCUT2D eigenvalue weighted by Gasteiger charge is 2.29. The number of methoxy groups -OCH3 is 1. The van der Waals surface area contributed by atoms with Crippen molar-refractivity contribution in [3.63, 3.8) is 0 Å². The number of carbonyl (C=O) groups is 2. The summed E-state index contributed by atoms with van der Waals surface area (Å²) in [5, 5.41) is 3.03. The van der Waals surface area contributed by atoms with E-state index in [1.54, 1.807) is 31.4 Å². The number of ether oxygens (including phenoxy) is 2. The van der Waals surface area contributed by atoms with Crippen LogP contribution in [0.2, 0.25) is 0 Å². The van der Waals surface area contributed by atoms with Crippen LogP contribution in [0.4, 0.5) is 10.5 Å². The minimum absolute atomic E-state index is 0.131. The van der Waals surface area contributed by atoms with Gasteiger partial charge in [0.15, 0.2) is 0 Å². The van der Waals surface area contributed by atoms with Gasteiger partial charge in [-0.25, -0.2) is 4.79 Å². The lowest BCUT2D eigenvalue weighted by Crippen LogP contribution is -2.51. The van der Waals surface area contributed by atoms with E-state index in [-0.39, 0.29) is 11.9 Å². The average molecular weight is 537 g/mol. The summed E-state index contributed by atoms with van der Waals surface area (Å²) < 4.78 is 10.6. The normalized spacial score (nSPS) is 17.2. The third-order valence-corrected chi connectivity index (χ3v) is 7.86. The number of hydrogen-bond acceptors (Lipinski definition) is 5. The van der Waals surface area contributed by atoms with E-state index in [1.165, 1.54) is 5.56 Å². The highest BCUT2D eigenvalue weighted by molar-refractivity contribution is 6.04. The van der Waals surface area contributed by atoms with E-state index >= 15 is 0 Å². The number of nitrogens with zero attached hydrogens (tertiary/aromatic N) is 3. The molecule has 1 unspecified atom stereocenters. The smallest absolute Gasteiger partial charge is 0.320 e. The van der Waals surface area contributed by atoms with Crippen molar-refractivity contribution in [3.8, 4) is 5.75 Å². The van der Waals surface area contributed by atoms with E-state index in [0.29, 0.717) is 43.8 Å². The summed E-state index contributed by atoms with van der Waals surface area (Å²) in [6.07, 6.45) is 4.13. The Hall–Kier alpha value is -3.10. The molecular formula is C31H44N4O4. The first kappa shape index (κ1) is 28.9. The van der Waals surface area contributed by atoms with Crippen LogP contribution < -0.4 is 10.1 Å². The van der Waals surface area contributed by atoms with Gasteiger partial charge >= 0.3 is 6.03 Å². The van der Waals surface area contributed by atoms with Gasteiger partial charge in [0, 0.05) is 50.0 Å². The van der Waals surface area contributed by atoms with E-state index < -0.39 is 0 Å². The summed E-state index contributed by atoms with van der Waals surface area (Å²) in [5.74, 6) is 1.20. The predicted molar refractivity (Wildman–Crippen MR) is 155 cm³/mol. The number of carbonyl (C=O) groups excluding carboxylic acids is 2. The summed E-state index contributed by atoms with van der Waals surface area (Å²) in [7, 11) is 1.61. The van der Waals surface area contributed by atoms with E-state index in [0.717, 1.165) is 63.3 Å². The number of piperidine rings is 1. The van der Waals surface area contributed by atoms with Crippen molar-refractivity contribution in [1.29, 1.82) is 0 Å². The highest BCUT2D eigenvalue weighted by atomic mass is 16.5. The van der Waals surface area contributed by atoms with Gasteiger partial charge in [0.1, 0.15) is 5.75 Å². The molecule has 39 heavy (non-hydrogen) atoms. The van der Waals surface area contributed by atoms with Crippen molar-refractivity contribution < 1.29 is 19.1 Å². The van der Waals surface area contributed by atoms with Crippen molar-refractivity contribution >= 4 is 17.6 Å². The van der Waals surface area contributed by atoms with Crippen LogP contribution in [0.3, 0.4) is 0 Å². The Morgan fingerprint density at radius 1 is 1.05 bits per heavy atom. The molecule has 8 heteroatoms. The number of urea groups is 1. The van der Waals surface area contributed by atoms with E-state index in [9.17, 15) is 9.59 Å². The second kappa shape index (κ2) is 14.3. The van der Waals surface area contributed by atoms with Gasteiger partial charge in [-0.2, -0.15) is 0 Å². The molecule has 1 N–H and O–H groups in total. The Balaban J connectivity index is 1.29. The lowest BCUT2D eigenvalue weighted by atomic mass is 9.95. The third kappa shape index (κ3) is 8.19. The van der Waals surface area contributed by atoms with Gasteiger partial charge in [-0.15, -0.1) is 0 Å². The average Bonchev–Trinajstić information content (AvgIpc) is 2.97. The summed E-state index contributed by atoms with van der Waals surface area (Å²) in [6, 6.07) is 15.8. The number of rotatable bonds is 10. The molecule has 1 atom stereocenters. The van der Waals surface area contributed by atoms with Gasteiger partial charge in [0.25, 0.3) is 5.91 Å². The summed E-state index contributed by atoms with van der Waals surface area (Å²) in [6.45, 7) is 11.0. The monoisotopic (exact) mass is 536 g/mol. The number of hydrogen-bond donors (Lipinski definition) is 1. The Morgan fingerprint density at radius 3 is 2.41 bits per heavy atom. The Labute approximate surface area is 233 Å². The first-order chi connectivity index (χ1) is 19.0. The molecule has 0 spiro atoms. The van der Waals surface area contributed by atoms with E-state index in [2.05, 4.69) is 36.2 Å². The van der Waals surface area contributed by atoms with Crippen LogP contribution in [-0.4, -0.2) is 92.3 Å². The maximum Gasteiger partial charge on any atom is 0.320 e. The Morgan fingerprint density at radius 2 is 1.74 bits per heavy atom. The van der Waals surface area contributed by atoms with Crippen LogP contribution in [0.5, 0.6) is 5.75 Å². The molecule has 8 nitrogen and oxygen atoms in total. The van der Waals surface area contributed by atoms with Gasteiger partial charge in [-0.05, 0) is 87.0 Å². The molecule has 2 aliphatic heterocycles. The zero-order valence-electron chi connectivity index (χ0n) is 23.7. The van der Waals surface area contributed by atoms with Gasteiger partial charge in [-0.3, -0.25) is 4.79 Å². The number of likely N-dealkylation sites (tertiary alicyclic amines) is 1. The van der Waals surface area contributed by atoms with Crippen molar-refractivity contribution in [2.24, 2.45) is 5.92 Å². The van der Waals surface area contributed by atoms with Crippen LogP contribution in [0.25, 0.3) is 0 Å². The van der Waals surface area contributed by atoms with Crippen molar-refractivity contribution in [1.82, 2.24) is 14.7 Å². The number of morpholine rings is 1. The van der Waals surface area contributed by atoms with Gasteiger partial charge in [0.2, 0.25) is 0 Å². The molecule has 2 aromatic rings. The maximum absolute atomic E-state index is 12.9. The molecule has 2 fully saturated rings. The molecule has 2 aromatic carbocycles. The van der Waals surface area contributed by atoms with Gasteiger partial charge in [-0.1, -0.05) is 19.1 Å². The largest absolute Gasteiger partial charge is 0.497 e. The molecule has 0 aromatic heterocycles. The summed E-state index contributed by atoms with van der Waals surface area (Å²) in [5.41, 5.74) is 2.61. The topological polar surface area (TPSA) is 74.4 Å². The van der Waals surface area contributed by atoms with Gasteiger partial charge in [0.05, 0.1) is 20.3 Å². The quantitative estimate of drug-likeness (QED) is 0.474. The molecule has 212 valence electrons. The first-order valence-corrected chi connectivity index (χ1v) is 14.4. The number of anilines is 1. The standard InChI is InChI=1S/C31H44N4O4/c1-4-14-35(23-25-12-15-33(16-13-25)31(37)34-17-19-39-20-18-34)24(2)21-26-6-5-7-28(22-26)32-30(36)27-8-10-29(38-3)11-9-27/h5-11,22,24-25H,4,12-21,23H2,1-3H3,(H,32,36). The molecule has 0 bridgehead atoms. The lowest BCUT2D eigenvalue weighted by molar-refractivity contribution is 0.0386. The van der Waals surface area contributed by atoms with Crippen LogP contribution in [0.1, 0.15) is 49.0 Å². The molecule has 3 amide bonds. The summed E-state index contributed by atoms with van der Waals surface area (Å²) in [4.78, 5) is 32.1. The fourth-order valence-electron chi connectivity index (χ4n) is 5.56. The summed E-state index contributed by atoms with van der Waals surface area (Å²) >= 11 is 0. The minimum Gasteiger partial charge on any atom is -0.497 e. The lowest BCUT2D eigenvalue weighted by Gasteiger charge is -2.39. The van der Waals surface area contributed by atoms with Crippen LogP contribution in [0, 0.1) is 5.92 Å². The number of amides is 3. The fraction of sp³-hybridized carbons (Fsp3) is 0.548. The minimum atomic E-state index is -0.131. The number of nitrogens with one attached hydrogen (secondary N) is 1. The predicted octanol–water partition coefficient (Wildman–Crippen LogP) is 4.75. The SMILES string of the molecule is CCCN(CC1CCN(C(=O)N2CCOCC2)CC1)C(C)Cc1cccc(NC(=O)c2ccc(OC)cc2)c1. The highest BCUT2D eigenvalue weighted by Crippen LogP contribution is 2.23. The van der Waals surface area contributed by atoms with E-state index in [1.807, 2.05) is 21.9 Å². The van der Waals surface area contributed by atoms with Crippen LogP contribution in [0.15, 0.2) is 48.5 Å². The third-order valence-electron chi connectivity index (χ3n) is 7.86. The molecule has 2 saturated heterocycles. The molecule has 0 radical (unpaired) electrons. The molecule has 0 saturated carbocycles. The van der Waals surface area contributed by atoms with Gasteiger partial charge < -0.3 is 29.5 Å². The zero-order valence-corrected chi connectivity index (χ0v) is 23.7. The molecular weight excluding hydrogens is 492 g/mol. The zero-order chi connectivity index (χ0) is 27.6.